The third-order valence-electron chi connectivity index (χ3n) is 3.93. The Balaban J connectivity index is 1.97. The van der Waals surface area contributed by atoms with E-state index in [1.54, 1.807) is 0 Å². The van der Waals surface area contributed by atoms with E-state index < -0.39 is 0 Å². The highest BCUT2D eigenvalue weighted by Gasteiger charge is 2.38. The molecule has 1 unspecified atom stereocenters. The maximum absolute atomic E-state index is 4.67. The zero-order valence-corrected chi connectivity index (χ0v) is 13.4. The predicted molar refractivity (Wildman–Crippen MR) is 82.3 cm³/mol. The Kier molecular flexibility index (Phi) is 4.01. The van der Waals surface area contributed by atoms with Gasteiger partial charge in [-0.3, -0.25) is 4.99 Å². The van der Waals surface area contributed by atoms with E-state index in [4.69, 9.17) is 0 Å². The molecule has 1 heterocycles. The second-order valence-corrected chi connectivity index (χ2v) is 8.83. The largest absolute Gasteiger partial charge is 0.362 e. The van der Waals surface area contributed by atoms with Gasteiger partial charge in [-0.05, 0) is 36.0 Å². The molecule has 2 nitrogen and oxygen atoms in total. The van der Waals surface area contributed by atoms with Crippen molar-refractivity contribution in [2.75, 3.05) is 12.3 Å². The quantitative estimate of drug-likeness (QED) is 0.779. The van der Waals surface area contributed by atoms with Crippen LogP contribution in [0.1, 0.15) is 53.9 Å². The number of hydrogen-bond acceptors (Lipinski definition) is 3. The number of nitrogens with zero attached hydrogens (tertiary/aromatic N) is 1. The summed E-state index contributed by atoms with van der Waals surface area (Å²) in [7, 11) is 0. The lowest BCUT2D eigenvalue weighted by Crippen LogP contribution is -2.46. The number of aliphatic imine (C=N–C) groups is 1. The molecule has 1 aliphatic carbocycles. The van der Waals surface area contributed by atoms with Crippen molar-refractivity contribution in [3.05, 3.63) is 0 Å². The molecule has 18 heavy (non-hydrogen) atoms. The maximum atomic E-state index is 4.67. The smallest absolute Gasteiger partial charge is 0.156 e. The third kappa shape index (κ3) is 3.91. The van der Waals surface area contributed by atoms with Gasteiger partial charge >= 0.3 is 0 Å². The molecule has 1 fully saturated rings. The minimum absolute atomic E-state index is 0.451. The number of rotatable bonds is 1. The molecule has 2 rings (SSSR count). The van der Waals surface area contributed by atoms with Crippen LogP contribution in [0.4, 0.5) is 0 Å². The first-order chi connectivity index (χ1) is 8.26. The second kappa shape index (κ2) is 5.07. The van der Waals surface area contributed by atoms with E-state index in [1.165, 1.54) is 30.2 Å². The summed E-state index contributed by atoms with van der Waals surface area (Å²) in [6.07, 6.45) is 3.87. The van der Waals surface area contributed by atoms with Crippen molar-refractivity contribution < 1.29 is 0 Å². The predicted octanol–water partition coefficient (Wildman–Crippen LogP) is 3.92. The molecule has 1 N–H and O–H groups in total. The van der Waals surface area contributed by atoms with Crippen molar-refractivity contribution in [1.29, 1.82) is 0 Å². The summed E-state index contributed by atoms with van der Waals surface area (Å²) >= 11 is 1.90. The van der Waals surface area contributed by atoms with Crippen LogP contribution in [0.3, 0.4) is 0 Å². The summed E-state index contributed by atoms with van der Waals surface area (Å²) in [6, 6.07) is 0.600. The first kappa shape index (κ1) is 14.2. The minimum atomic E-state index is 0.451. The standard InChI is InChI=1S/C15H28N2S/c1-11-8-16-13(18-9-11)17-12-6-14(2,3)10-15(4,5)7-12/h11-12H,6-10H2,1-5H3,(H,16,17). The van der Waals surface area contributed by atoms with Gasteiger partial charge in [-0.1, -0.05) is 46.4 Å². The van der Waals surface area contributed by atoms with E-state index in [0.29, 0.717) is 16.9 Å². The van der Waals surface area contributed by atoms with Crippen LogP contribution in [0, 0.1) is 16.7 Å². The molecule has 0 radical (unpaired) electrons. The first-order valence-electron chi connectivity index (χ1n) is 7.20. The summed E-state index contributed by atoms with van der Waals surface area (Å²) in [4.78, 5) is 4.67. The molecule has 0 aromatic carbocycles. The molecule has 0 saturated heterocycles. The van der Waals surface area contributed by atoms with E-state index in [9.17, 15) is 0 Å². The van der Waals surface area contributed by atoms with Crippen LogP contribution in [0.25, 0.3) is 0 Å². The molecule has 2 aliphatic rings. The van der Waals surface area contributed by atoms with Crippen molar-refractivity contribution in [3.8, 4) is 0 Å². The summed E-state index contributed by atoms with van der Waals surface area (Å²) in [5.74, 6) is 1.95. The normalized spacial score (nSPS) is 31.8. The first-order valence-corrected chi connectivity index (χ1v) is 8.18. The van der Waals surface area contributed by atoms with Crippen molar-refractivity contribution in [2.24, 2.45) is 21.7 Å². The van der Waals surface area contributed by atoms with Crippen LogP contribution < -0.4 is 5.32 Å². The van der Waals surface area contributed by atoms with Gasteiger partial charge in [-0.25, -0.2) is 0 Å². The van der Waals surface area contributed by atoms with Gasteiger partial charge in [0.05, 0.1) is 0 Å². The molecule has 1 saturated carbocycles. The van der Waals surface area contributed by atoms with Crippen LogP contribution in [0.15, 0.2) is 4.99 Å². The number of hydrogen-bond donors (Lipinski definition) is 1. The Hall–Kier alpha value is -0.180. The van der Waals surface area contributed by atoms with E-state index in [0.717, 1.165) is 12.5 Å². The highest BCUT2D eigenvalue weighted by molar-refractivity contribution is 8.13. The van der Waals surface area contributed by atoms with E-state index in [2.05, 4.69) is 44.9 Å². The SMILES string of the molecule is CC1CN=C(NC2CC(C)(C)CC(C)(C)C2)SC1. The van der Waals surface area contributed by atoms with Gasteiger partial charge < -0.3 is 5.32 Å². The lowest BCUT2D eigenvalue weighted by atomic mass is 9.63. The Morgan fingerprint density at radius 1 is 1.17 bits per heavy atom. The lowest BCUT2D eigenvalue weighted by molar-refractivity contribution is 0.0924. The van der Waals surface area contributed by atoms with E-state index >= 15 is 0 Å². The van der Waals surface area contributed by atoms with Crippen molar-refractivity contribution >= 4 is 16.9 Å². The zero-order valence-electron chi connectivity index (χ0n) is 12.5. The Morgan fingerprint density at radius 2 is 1.78 bits per heavy atom. The molecule has 1 atom stereocenters. The van der Waals surface area contributed by atoms with Crippen LogP contribution in [-0.2, 0) is 0 Å². The fourth-order valence-corrected chi connectivity index (χ4v) is 4.73. The molecule has 1 aliphatic heterocycles. The van der Waals surface area contributed by atoms with Gasteiger partial charge in [0.25, 0.3) is 0 Å². The van der Waals surface area contributed by atoms with Crippen molar-refractivity contribution in [3.63, 3.8) is 0 Å². The van der Waals surface area contributed by atoms with E-state index in [-0.39, 0.29) is 0 Å². The molecule has 0 aromatic rings. The molecule has 0 aromatic heterocycles. The average Bonchev–Trinajstić information content (AvgIpc) is 2.16. The van der Waals surface area contributed by atoms with Crippen molar-refractivity contribution in [1.82, 2.24) is 5.32 Å². The molecular formula is C15H28N2S. The maximum Gasteiger partial charge on any atom is 0.156 e. The van der Waals surface area contributed by atoms with Crippen LogP contribution >= 0.6 is 11.8 Å². The summed E-state index contributed by atoms with van der Waals surface area (Å²) < 4.78 is 0. The van der Waals surface area contributed by atoms with Gasteiger partial charge in [0.1, 0.15) is 0 Å². The lowest BCUT2D eigenvalue weighted by Gasteiger charge is -2.45. The van der Waals surface area contributed by atoms with Gasteiger partial charge in [0, 0.05) is 18.3 Å². The van der Waals surface area contributed by atoms with Crippen molar-refractivity contribution in [2.45, 2.75) is 59.9 Å². The van der Waals surface area contributed by atoms with E-state index in [1.807, 2.05) is 11.8 Å². The fraction of sp³-hybridized carbons (Fsp3) is 0.933. The Bertz CT molecular complexity index is 317. The molecule has 0 bridgehead atoms. The summed E-state index contributed by atoms with van der Waals surface area (Å²) in [5, 5.41) is 4.89. The molecule has 0 amide bonds. The van der Waals surface area contributed by atoms with Crippen LogP contribution in [-0.4, -0.2) is 23.5 Å². The number of nitrogens with one attached hydrogen (secondary N) is 1. The zero-order chi connectivity index (χ0) is 13.4. The van der Waals surface area contributed by atoms with Crippen LogP contribution in [0.5, 0.6) is 0 Å². The average molecular weight is 268 g/mol. The molecule has 3 heteroatoms. The summed E-state index contributed by atoms with van der Waals surface area (Å²) in [5.41, 5.74) is 0.902. The van der Waals surface area contributed by atoms with Gasteiger partial charge in [0.15, 0.2) is 5.17 Å². The Morgan fingerprint density at radius 3 is 2.28 bits per heavy atom. The molecule has 0 spiro atoms. The van der Waals surface area contributed by atoms with Gasteiger partial charge in [0.2, 0.25) is 0 Å². The second-order valence-electron chi connectivity index (χ2n) is 7.82. The molecular weight excluding hydrogens is 240 g/mol. The topological polar surface area (TPSA) is 24.4 Å². The Labute approximate surface area is 116 Å². The van der Waals surface area contributed by atoms with Gasteiger partial charge in [-0.15, -0.1) is 0 Å². The number of thioether (sulfide) groups is 1. The highest BCUT2D eigenvalue weighted by atomic mass is 32.2. The monoisotopic (exact) mass is 268 g/mol. The van der Waals surface area contributed by atoms with Crippen LogP contribution in [0.2, 0.25) is 0 Å². The third-order valence-corrected chi connectivity index (χ3v) is 5.19. The minimum Gasteiger partial charge on any atom is -0.362 e. The molecule has 104 valence electrons. The number of amidine groups is 1. The highest BCUT2D eigenvalue weighted by Crippen LogP contribution is 2.45. The van der Waals surface area contributed by atoms with Gasteiger partial charge in [-0.2, -0.15) is 0 Å². The summed E-state index contributed by atoms with van der Waals surface area (Å²) in [6.45, 7) is 12.9. The fourth-order valence-electron chi connectivity index (χ4n) is 3.77.